The normalized spacial score (nSPS) is 11.2. The first-order chi connectivity index (χ1) is 8.49. The highest BCUT2D eigenvalue weighted by atomic mass is 32.1. The van der Waals surface area contributed by atoms with Crippen molar-refractivity contribution in [2.75, 3.05) is 7.05 Å². The van der Waals surface area contributed by atoms with E-state index in [2.05, 4.69) is 25.8 Å². The van der Waals surface area contributed by atoms with Crippen molar-refractivity contribution in [2.24, 2.45) is 5.73 Å². The van der Waals surface area contributed by atoms with Crippen LogP contribution in [-0.4, -0.2) is 23.0 Å². The van der Waals surface area contributed by atoms with Gasteiger partial charge in [-0.05, 0) is 37.6 Å². The topological polar surface area (TPSA) is 29.3 Å². The Morgan fingerprint density at radius 1 is 1.39 bits per heavy atom. The van der Waals surface area contributed by atoms with Gasteiger partial charge in [0.15, 0.2) is 0 Å². The Bertz CT molecular complexity index is 416. The lowest BCUT2D eigenvalue weighted by Gasteiger charge is -2.26. The molecule has 0 unspecified atom stereocenters. The summed E-state index contributed by atoms with van der Waals surface area (Å²) in [5.41, 5.74) is 7.27. The largest absolute Gasteiger partial charge is 0.389 e. The molecule has 0 spiro atoms. The van der Waals surface area contributed by atoms with Crippen molar-refractivity contribution in [2.45, 2.75) is 39.3 Å². The molecule has 0 fully saturated rings. The van der Waals surface area contributed by atoms with Crippen LogP contribution in [0.25, 0.3) is 0 Å². The van der Waals surface area contributed by atoms with Gasteiger partial charge in [0.2, 0.25) is 0 Å². The molecule has 0 amide bonds. The summed E-state index contributed by atoms with van der Waals surface area (Å²) in [6.45, 7) is 5.08. The first-order valence-corrected chi connectivity index (χ1v) is 6.68. The average Bonchev–Trinajstić information content (AvgIpc) is 2.32. The van der Waals surface area contributed by atoms with Crippen LogP contribution < -0.4 is 5.73 Å². The summed E-state index contributed by atoms with van der Waals surface area (Å²) in [5, 5.41) is 0. The Hall–Kier alpha value is -1.00. The van der Waals surface area contributed by atoms with E-state index < -0.39 is 0 Å². The molecule has 0 aliphatic heterocycles. The Labute approximate surface area is 114 Å². The van der Waals surface area contributed by atoms with Crippen LogP contribution in [0.3, 0.4) is 0 Å². The van der Waals surface area contributed by atoms with Gasteiger partial charge in [0.25, 0.3) is 0 Å². The van der Waals surface area contributed by atoms with E-state index in [0.717, 1.165) is 24.9 Å². The maximum atomic E-state index is 13.2. The lowest BCUT2D eigenvalue weighted by atomic mass is 10.0. The third-order valence-corrected chi connectivity index (χ3v) is 3.54. The molecule has 0 aliphatic carbocycles. The van der Waals surface area contributed by atoms with E-state index in [-0.39, 0.29) is 10.8 Å². The SMILES string of the molecule is CCC(CC)N(C)Cc1ccc(F)cc1C(N)=S. The Balaban J connectivity index is 2.93. The molecule has 2 nitrogen and oxygen atoms in total. The van der Waals surface area contributed by atoms with Crippen LogP contribution >= 0.6 is 12.2 Å². The zero-order valence-electron chi connectivity index (χ0n) is 11.2. The second-order valence-corrected chi connectivity index (χ2v) is 4.99. The van der Waals surface area contributed by atoms with Gasteiger partial charge in [-0.1, -0.05) is 32.1 Å². The fraction of sp³-hybridized carbons (Fsp3) is 0.500. The number of nitrogens with zero attached hydrogens (tertiary/aromatic N) is 1. The molecule has 1 aromatic rings. The third kappa shape index (κ3) is 3.75. The van der Waals surface area contributed by atoms with Crippen LogP contribution in [0.15, 0.2) is 18.2 Å². The minimum Gasteiger partial charge on any atom is -0.389 e. The monoisotopic (exact) mass is 268 g/mol. The molecule has 4 heteroatoms. The van der Waals surface area contributed by atoms with Crippen LogP contribution in [-0.2, 0) is 6.54 Å². The van der Waals surface area contributed by atoms with Crippen molar-refractivity contribution in [1.82, 2.24) is 4.90 Å². The predicted molar refractivity (Wildman–Crippen MR) is 78.1 cm³/mol. The van der Waals surface area contributed by atoms with Crippen molar-refractivity contribution in [3.63, 3.8) is 0 Å². The highest BCUT2D eigenvalue weighted by Gasteiger charge is 2.14. The number of hydrogen-bond acceptors (Lipinski definition) is 2. The maximum absolute atomic E-state index is 13.2. The molecule has 100 valence electrons. The van der Waals surface area contributed by atoms with Crippen LogP contribution in [0.1, 0.15) is 37.8 Å². The molecule has 0 atom stereocenters. The number of halogens is 1. The van der Waals surface area contributed by atoms with Gasteiger partial charge >= 0.3 is 0 Å². The second kappa shape index (κ2) is 6.81. The summed E-state index contributed by atoms with van der Waals surface area (Å²) in [4.78, 5) is 2.51. The minimum absolute atomic E-state index is 0.252. The van der Waals surface area contributed by atoms with Crippen molar-refractivity contribution < 1.29 is 4.39 Å². The van der Waals surface area contributed by atoms with Crippen molar-refractivity contribution in [3.05, 3.63) is 35.1 Å². The van der Waals surface area contributed by atoms with Gasteiger partial charge < -0.3 is 5.73 Å². The third-order valence-electron chi connectivity index (χ3n) is 3.32. The number of hydrogen-bond donors (Lipinski definition) is 1. The standard InChI is InChI=1S/C14H21FN2S/c1-4-12(5-2)17(3)9-10-6-7-11(15)8-13(10)14(16)18/h6-8,12H,4-5,9H2,1-3H3,(H2,16,18). The summed E-state index contributed by atoms with van der Waals surface area (Å²) in [6, 6.07) is 5.16. The Kier molecular flexibility index (Phi) is 5.69. The van der Waals surface area contributed by atoms with Gasteiger partial charge in [-0.2, -0.15) is 0 Å². The molecule has 0 aliphatic rings. The molecular formula is C14H21FN2S. The molecule has 0 saturated heterocycles. The Morgan fingerprint density at radius 2 is 2.00 bits per heavy atom. The molecule has 0 radical (unpaired) electrons. The minimum atomic E-state index is -0.299. The fourth-order valence-electron chi connectivity index (χ4n) is 2.23. The predicted octanol–water partition coefficient (Wildman–Crippen LogP) is 3.08. The first kappa shape index (κ1) is 15.1. The molecule has 1 aromatic carbocycles. The van der Waals surface area contributed by atoms with Crippen LogP contribution in [0, 0.1) is 5.82 Å². The van der Waals surface area contributed by atoms with Crippen molar-refractivity contribution in [1.29, 1.82) is 0 Å². The van der Waals surface area contributed by atoms with Gasteiger partial charge in [0.1, 0.15) is 10.8 Å². The van der Waals surface area contributed by atoms with Gasteiger partial charge in [0.05, 0.1) is 0 Å². The van der Waals surface area contributed by atoms with E-state index >= 15 is 0 Å². The van der Waals surface area contributed by atoms with E-state index in [9.17, 15) is 4.39 Å². The number of benzene rings is 1. The van der Waals surface area contributed by atoms with Crippen LogP contribution in [0.2, 0.25) is 0 Å². The van der Waals surface area contributed by atoms with Gasteiger partial charge in [-0.15, -0.1) is 0 Å². The molecule has 0 bridgehead atoms. The van der Waals surface area contributed by atoms with Gasteiger partial charge in [-0.3, -0.25) is 4.90 Å². The molecular weight excluding hydrogens is 247 g/mol. The Morgan fingerprint density at radius 3 is 2.50 bits per heavy atom. The van der Waals surface area contributed by atoms with Gasteiger partial charge in [0, 0.05) is 18.2 Å². The van der Waals surface area contributed by atoms with E-state index in [0.29, 0.717) is 11.6 Å². The second-order valence-electron chi connectivity index (χ2n) is 4.55. The molecule has 2 N–H and O–H groups in total. The smallest absolute Gasteiger partial charge is 0.123 e. The number of nitrogens with two attached hydrogens (primary N) is 1. The summed E-state index contributed by atoms with van der Waals surface area (Å²) in [6.07, 6.45) is 2.19. The number of thiocarbonyl (C=S) groups is 1. The quantitative estimate of drug-likeness (QED) is 0.804. The van der Waals surface area contributed by atoms with Crippen LogP contribution in [0.4, 0.5) is 4.39 Å². The molecule has 0 aromatic heterocycles. The lowest BCUT2D eigenvalue weighted by Crippen LogP contribution is -2.31. The first-order valence-electron chi connectivity index (χ1n) is 6.28. The van der Waals surface area contributed by atoms with E-state index in [1.54, 1.807) is 6.07 Å². The van der Waals surface area contributed by atoms with Crippen LogP contribution in [0.5, 0.6) is 0 Å². The molecule has 0 heterocycles. The maximum Gasteiger partial charge on any atom is 0.123 e. The average molecular weight is 268 g/mol. The number of rotatable bonds is 6. The van der Waals surface area contributed by atoms with E-state index in [4.69, 9.17) is 18.0 Å². The fourth-order valence-corrected chi connectivity index (χ4v) is 2.42. The van der Waals surface area contributed by atoms with Crippen molar-refractivity contribution in [3.8, 4) is 0 Å². The molecule has 0 saturated carbocycles. The van der Waals surface area contributed by atoms with E-state index in [1.807, 2.05) is 0 Å². The lowest BCUT2D eigenvalue weighted by molar-refractivity contribution is 0.221. The summed E-state index contributed by atoms with van der Waals surface area (Å²) < 4.78 is 13.2. The highest BCUT2D eigenvalue weighted by Crippen LogP contribution is 2.16. The van der Waals surface area contributed by atoms with E-state index in [1.165, 1.54) is 12.1 Å². The zero-order valence-corrected chi connectivity index (χ0v) is 12.1. The molecule has 18 heavy (non-hydrogen) atoms. The summed E-state index contributed by atoms with van der Waals surface area (Å²) >= 11 is 4.98. The van der Waals surface area contributed by atoms with Gasteiger partial charge in [-0.25, -0.2) is 4.39 Å². The summed E-state index contributed by atoms with van der Waals surface area (Å²) in [5.74, 6) is -0.299. The highest BCUT2D eigenvalue weighted by molar-refractivity contribution is 7.80. The van der Waals surface area contributed by atoms with Crippen molar-refractivity contribution >= 4 is 17.2 Å². The summed E-state index contributed by atoms with van der Waals surface area (Å²) in [7, 11) is 2.07. The zero-order chi connectivity index (χ0) is 13.7. The molecule has 1 rings (SSSR count).